The van der Waals surface area contributed by atoms with E-state index in [1.54, 1.807) is 17.0 Å². The number of likely N-dealkylation sites (tertiary alicyclic amines) is 1. The number of hydrogen-bond donors (Lipinski definition) is 1. The van der Waals surface area contributed by atoms with E-state index in [0.717, 1.165) is 6.42 Å². The summed E-state index contributed by atoms with van der Waals surface area (Å²) in [4.78, 5) is 26.6. The van der Waals surface area contributed by atoms with E-state index in [1.165, 1.54) is 24.3 Å². The van der Waals surface area contributed by atoms with Crippen LogP contribution in [0.25, 0.3) is 0 Å². The molecule has 1 heterocycles. The van der Waals surface area contributed by atoms with Crippen molar-refractivity contribution in [1.82, 2.24) is 4.90 Å². The van der Waals surface area contributed by atoms with Crippen LogP contribution in [0.5, 0.6) is 0 Å². The van der Waals surface area contributed by atoms with Crippen LogP contribution in [0.3, 0.4) is 0 Å². The van der Waals surface area contributed by atoms with Gasteiger partial charge >= 0.3 is 0 Å². The lowest BCUT2D eigenvalue weighted by Crippen LogP contribution is -2.43. The average Bonchev–Trinajstić information content (AvgIpc) is 3.05. The Balaban J connectivity index is 1.73. The smallest absolute Gasteiger partial charge is 0.254 e. The van der Waals surface area contributed by atoms with E-state index in [2.05, 4.69) is 5.32 Å². The molecule has 0 bridgehead atoms. The minimum absolute atomic E-state index is 0.191. The van der Waals surface area contributed by atoms with Crippen molar-refractivity contribution >= 4 is 17.5 Å². The first kappa shape index (κ1) is 15.2. The molecule has 1 unspecified atom stereocenters. The van der Waals surface area contributed by atoms with Gasteiger partial charge in [-0.1, -0.05) is 18.2 Å². The highest BCUT2D eigenvalue weighted by molar-refractivity contribution is 6.01. The summed E-state index contributed by atoms with van der Waals surface area (Å²) in [6, 6.07) is 14.1. The Morgan fingerprint density at radius 1 is 1.04 bits per heavy atom. The van der Waals surface area contributed by atoms with Crippen molar-refractivity contribution < 1.29 is 14.0 Å². The number of benzene rings is 2. The zero-order valence-electron chi connectivity index (χ0n) is 12.5. The lowest BCUT2D eigenvalue weighted by atomic mass is 10.1. The number of amides is 2. The number of carbonyl (C=O) groups excluding carboxylic acids is 2. The quantitative estimate of drug-likeness (QED) is 0.947. The Morgan fingerprint density at radius 3 is 2.43 bits per heavy atom. The largest absolute Gasteiger partial charge is 0.327 e. The van der Waals surface area contributed by atoms with Gasteiger partial charge in [0.25, 0.3) is 5.91 Å². The topological polar surface area (TPSA) is 49.4 Å². The second-order valence-corrected chi connectivity index (χ2v) is 5.52. The highest BCUT2D eigenvalue weighted by Gasteiger charge is 2.34. The van der Waals surface area contributed by atoms with E-state index in [0.29, 0.717) is 24.2 Å². The standard InChI is InChI=1S/C18H17FN2O2/c19-14-10-8-13(9-11-14)18(23)21-12-4-7-16(21)17(22)20-15-5-2-1-3-6-15/h1-3,5-6,8-11,16H,4,7,12H2,(H,20,22). The molecule has 23 heavy (non-hydrogen) atoms. The molecule has 2 aromatic rings. The lowest BCUT2D eigenvalue weighted by Gasteiger charge is -2.24. The van der Waals surface area contributed by atoms with Crippen molar-refractivity contribution in [3.8, 4) is 0 Å². The molecule has 3 rings (SSSR count). The van der Waals surface area contributed by atoms with Gasteiger partial charge in [0.2, 0.25) is 5.91 Å². The monoisotopic (exact) mass is 312 g/mol. The maximum atomic E-state index is 13.0. The maximum absolute atomic E-state index is 13.0. The van der Waals surface area contributed by atoms with Crippen molar-refractivity contribution in [1.29, 1.82) is 0 Å². The number of halogens is 1. The number of hydrogen-bond acceptors (Lipinski definition) is 2. The molecule has 0 spiro atoms. The molecule has 1 fully saturated rings. The van der Waals surface area contributed by atoms with Gasteiger partial charge in [0, 0.05) is 17.8 Å². The predicted octanol–water partition coefficient (Wildman–Crippen LogP) is 3.07. The number of nitrogens with zero attached hydrogens (tertiary/aromatic N) is 1. The van der Waals surface area contributed by atoms with Gasteiger partial charge in [0.15, 0.2) is 0 Å². The van der Waals surface area contributed by atoms with Crippen LogP contribution in [0, 0.1) is 5.82 Å². The first-order valence-corrected chi connectivity index (χ1v) is 7.57. The molecule has 118 valence electrons. The van der Waals surface area contributed by atoms with Crippen molar-refractivity contribution in [2.45, 2.75) is 18.9 Å². The predicted molar refractivity (Wildman–Crippen MR) is 85.5 cm³/mol. The lowest BCUT2D eigenvalue weighted by molar-refractivity contribution is -0.119. The zero-order valence-corrected chi connectivity index (χ0v) is 12.5. The molecule has 5 heteroatoms. The van der Waals surface area contributed by atoms with Gasteiger partial charge in [-0.25, -0.2) is 4.39 Å². The summed E-state index contributed by atoms with van der Waals surface area (Å²) in [6.07, 6.45) is 1.41. The third kappa shape index (κ3) is 3.39. The van der Waals surface area contributed by atoms with Gasteiger partial charge in [0.05, 0.1) is 0 Å². The summed E-state index contributed by atoms with van der Waals surface area (Å²) in [6.45, 7) is 0.531. The number of carbonyl (C=O) groups is 2. The fourth-order valence-corrected chi connectivity index (χ4v) is 2.79. The SMILES string of the molecule is O=C(Nc1ccccc1)C1CCCN1C(=O)c1ccc(F)cc1. The number of anilines is 1. The molecule has 1 aliphatic heterocycles. The Hall–Kier alpha value is -2.69. The fraction of sp³-hybridized carbons (Fsp3) is 0.222. The number of para-hydroxylation sites is 1. The van der Waals surface area contributed by atoms with Crippen molar-refractivity contribution in [2.75, 3.05) is 11.9 Å². The van der Waals surface area contributed by atoms with Crippen molar-refractivity contribution in [3.05, 3.63) is 66.0 Å². The maximum Gasteiger partial charge on any atom is 0.254 e. The van der Waals surface area contributed by atoms with E-state index in [-0.39, 0.29) is 17.6 Å². The van der Waals surface area contributed by atoms with E-state index in [9.17, 15) is 14.0 Å². The Labute approximate surface area is 133 Å². The van der Waals surface area contributed by atoms with Crippen LogP contribution in [0.1, 0.15) is 23.2 Å². The van der Waals surface area contributed by atoms with Gasteiger partial charge in [-0.2, -0.15) is 0 Å². The van der Waals surface area contributed by atoms with E-state index in [4.69, 9.17) is 0 Å². The number of rotatable bonds is 3. The molecule has 1 N–H and O–H groups in total. The van der Waals surface area contributed by atoms with Gasteiger partial charge in [-0.05, 0) is 49.2 Å². The Kier molecular flexibility index (Phi) is 4.37. The molecule has 2 aromatic carbocycles. The summed E-state index contributed by atoms with van der Waals surface area (Å²) >= 11 is 0. The fourth-order valence-electron chi connectivity index (χ4n) is 2.79. The second-order valence-electron chi connectivity index (χ2n) is 5.52. The number of nitrogens with one attached hydrogen (secondary N) is 1. The third-order valence-electron chi connectivity index (χ3n) is 3.95. The molecule has 2 amide bonds. The van der Waals surface area contributed by atoms with Crippen LogP contribution >= 0.6 is 0 Å². The summed E-state index contributed by atoms with van der Waals surface area (Å²) in [5.41, 5.74) is 1.10. The summed E-state index contributed by atoms with van der Waals surface area (Å²) in [7, 11) is 0. The van der Waals surface area contributed by atoms with Crippen LogP contribution in [-0.2, 0) is 4.79 Å². The van der Waals surface area contributed by atoms with Gasteiger partial charge in [-0.15, -0.1) is 0 Å². The molecule has 0 radical (unpaired) electrons. The van der Waals surface area contributed by atoms with E-state index >= 15 is 0 Å². The highest BCUT2D eigenvalue weighted by Crippen LogP contribution is 2.22. The van der Waals surface area contributed by atoms with E-state index < -0.39 is 6.04 Å². The van der Waals surface area contributed by atoms with Crippen molar-refractivity contribution in [2.24, 2.45) is 0 Å². The Bertz CT molecular complexity index is 701. The zero-order chi connectivity index (χ0) is 16.2. The van der Waals surface area contributed by atoms with Gasteiger partial charge in [0.1, 0.15) is 11.9 Å². The van der Waals surface area contributed by atoms with E-state index in [1.807, 2.05) is 18.2 Å². The molecular weight excluding hydrogens is 295 g/mol. The third-order valence-corrected chi connectivity index (χ3v) is 3.95. The van der Waals surface area contributed by atoms with Crippen LogP contribution in [0.2, 0.25) is 0 Å². The van der Waals surface area contributed by atoms with Crippen LogP contribution in [0.15, 0.2) is 54.6 Å². The Morgan fingerprint density at radius 2 is 1.74 bits per heavy atom. The molecular formula is C18H17FN2O2. The summed E-state index contributed by atoms with van der Waals surface area (Å²) in [5, 5.41) is 2.84. The molecule has 0 aliphatic carbocycles. The average molecular weight is 312 g/mol. The molecule has 4 nitrogen and oxygen atoms in total. The van der Waals surface area contributed by atoms with Crippen LogP contribution in [0.4, 0.5) is 10.1 Å². The normalized spacial score (nSPS) is 17.1. The summed E-state index contributed by atoms with van der Waals surface area (Å²) < 4.78 is 13.0. The van der Waals surface area contributed by atoms with Crippen LogP contribution < -0.4 is 5.32 Å². The first-order valence-electron chi connectivity index (χ1n) is 7.57. The molecule has 0 aromatic heterocycles. The molecule has 0 saturated carbocycles. The minimum Gasteiger partial charge on any atom is -0.327 e. The van der Waals surface area contributed by atoms with Crippen LogP contribution in [-0.4, -0.2) is 29.3 Å². The molecule has 1 atom stereocenters. The molecule has 1 aliphatic rings. The minimum atomic E-state index is -0.493. The van der Waals surface area contributed by atoms with Crippen molar-refractivity contribution in [3.63, 3.8) is 0 Å². The van der Waals surface area contributed by atoms with Gasteiger partial charge in [-0.3, -0.25) is 9.59 Å². The summed E-state index contributed by atoms with van der Waals surface area (Å²) in [5.74, 6) is -0.818. The second kappa shape index (κ2) is 6.60. The highest BCUT2D eigenvalue weighted by atomic mass is 19.1. The molecule has 1 saturated heterocycles. The first-order chi connectivity index (χ1) is 11.1. The van der Waals surface area contributed by atoms with Gasteiger partial charge < -0.3 is 10.2 Å².